The third-order valence-electron chi connectivity index (χ3n) is 4.56. The maximum atomic E-state index is 13.1. The molecule has 1 aliphatic heterocycles. The Labute approximate surface area is 191 Å². The standard InChI is InChI=1S/C22H24N2O6S2/c1-28-13-7-12-24-21(25)20(15-16-10-11-18(29-2)19(14-16)30-3)31-22(24)23-32(26,27)17-8-5-4-6-9-17/h4-6,8-11,14-15H,7,12-13H2,1-3H3/b20-15-,23-22-. The number of ether oxygens (including phenoxy) is 3. The minimum absolute atomic E-state index is 0.0645. The van der Waals surface area contributed by atoms with Gasteiger partial charge in [0.1, 0.15) is 0 Å². The summed E-state index contributed by atoms with van der Waals surface area (Å²) in [6.45, 7) is 0.716. The lowest BCUT2D eigenvalue weighted by Crippen LogP contribution is -2.31. The number of carbonyl (C=O) groups excluding carboxylic acids is 1. The number of methoxy groups -OCH3 is 3. The van der Waals surface area contributed by atoms with Crippen molar-refractivity contribution < 1.29 is 27.4 Å². The first-order chi connectivity index (χ1) is 15.4. The second-order valence-corrected chi connectivity index (χ2v) is 9.30. The van der Waals surface area contributed by atoms with Gasteiger partial charge >= 0.3 is 0 Å². The van der Waals surface area contributed by atoms with Crippen LogP contribution in [0.5, 0.6) is 11.5 Å². The van der Waals surface area contributed by atoms with Crippen LogP contribution in [0.4, 0.5) is 0 Å². The van der Waals surface area contributed by atoms with Crippen LogP contribution < -0.4 is 9.47 Å². The number of amides is 1. The van der Waals surface area contributed by atoms with Crippen molar-refractivity contribution in [3.63, 3.8) is 0 Å². The minimum Gasteiger partial charge on any atom is -0.493 e. The van der Waals surface area contributed by atoms with Crippen molar-refractivity contribution in [3.8, 4) is 11.5 Å². The van der Waals surface area contributed by atoms with E-state index in [1.807, 2.05) is 0 Å². The fourth-order valence-electron chi connectivity index (χ4n) is 2.98. The lowest BCUT2D eigenvalue weighted by atomic mass is 10.2. The van der Waals surface area contributed by atoms with E-state index in [0.29, 0.717) is 35.0 Å². The minimum atomic E-state index is -3.97. The first-order valence-corrected chi connectivity index (χ1v) is 12.0. The molecule has 0 radical (unpaired) electrons. The molecule has 0 aromatic heterocycles. The summed E-state index contributed by atoms with van der Waals surface area (Å²) in [7, 11) is 0.669. The summed E-state index contributed by atoms with van der Waals surface area (Å²) in [4.78, 5) is 14.9. The van der Waals surface area contributed by atoms with E-state index < -0.39 is 10.0 Å². The highest BCUT2D eigenvalue weighted by molar-refractivity contribution is 8.19. The molecule has 1 heterocycles. The van der Waals surface area contributed by atoms with Crippen molar-refractivity contribution in [1.29, 1.82) is 0 Å². The molecule has 0 unspecified atom stereocenters. The molecule has 0 bridgehead atoms. The largest absolute Gasteiger partial charge is 0.493 e. The van der Waals surface area contributed by atoms with Crippen molar-refractivity contribution in [3.05, 3.63) is 59.0 Å². The Hall–Kier alpha value is -2.82. The number of amidine groups is 1. The van der Waals surface area contributed by atoms with Crippen LogP contribution >= 0.6 is 11.8 Å². The van der Waals surface area contributed by atoms with E-state index >= 15 is 0 Å². The van der Waals surface area contributed by atoms with Gasteiger partial charge in [0.05, 0.1) is 24.0 Å². The Morgan fingerprint density at radius 1 is 1.03 bits per heavy atom. The molecule has 1 aliphatic rings. The van der Waals surface area contributed by atoms with Crippen LogP contribution in [0.1, 0.15) is 12.0 Å². The Morgan fingerprint density at radius 3 is 2.41 bits per heavy atom. The van der Waals surface area contributed by atoms with Crippen molar-refractivity contribution >= 4 is 38.9 Å². The van der Waals surface area contributed by atoms with Gasteiger partial charge in [0, 0.05) is 20.3 Å². The first-order valence-electron chi connectivity index (χ1n) is 9.72. The van der Waals surface area contributed by atoms with E-state index in [9.17, 15) is 13.2 Å². The van der Waals surface area contributed by atoms with Crippen molar-refractivity contribution in [2.75, 3.05) is 34.5 Å². The quantitative estimate of drug-likeness (QED) is 0.404. The van der Waals surface area contributed by atoms with Crippen molar-refractivity contribution in [1.82, 2.24) is 4.90 Å². The Morgan fingerprint density at radius 2 is 1.75 bits per heavy atom. The number of thioether (sulfide) groups is 1. The first kappa shape index (κ1) is 23.8. The number of hydrogen-bond acceptors (Lipinski definition) is 7. The van der Waals surface area contributed by atoms with Crippen LogP contribution in [0.2, 0.25) is 0 Å². The molecular formula is C22H24N2O6S2. The Bertz CT molecular complexity index is 1130. The van der Waals surface area contributed by atoms with E-state index in [4.69, 9.17) is 14.2 Å². The Kier molecular flexibility index (Phi) is 7.94. The van der Waals surface area contributed by atoms with E-state index in [-0.39, 0.29) is 22.5 Å². The zero-order valence-electron chi connectivity index (χ0n) is 18.0. The van der Waals surface area contributed by atoms with Crippen molar-refractivity contribution in [2.45, 2.75) is 11.3 Å². The smallest absolute Gasteiger partial charge is 0.284 e. The summed E-state index contributed by atoms with van der Waals surface area (Å²) in [5.41, 5.74) is 0.711. The zero-order valence-corrected chi connectivity index (χ0v) is 19.6. The summed E-state index contributed by atoms with van der Waals surface area (Å²) >= 11 is 1.02. The highest BCUT2D eigenvalue weighted by Crippen LogP contribution is 2.35. The van der Waals surface area contributed by atoms with Gasteiger partial charge in [0.15, 0.2) is 16.7 Å². The summed E-state index contributed by atoms with van der Waals surface area (Å²) in [5, 5.41) is 0.113. The molecule has 0 atom stereocenters. The monoisotopic (exact) mass is 476 g/mol. The molecule has 0 saturated carbocycles. The van der Waals surface area contributed by atoms with Gasteiger partial charge in [-0.25, -0.2) is 0 Å². The fraction of sp³-hybridized carbons (Fsp3) is 0.273. The van der Waals surface area contributed by atoms with Gasteiger partial charge in [0.25, 0.3) is 15.9 Å². The predicted molar refractivity (Wildman–Crippen MR) is 124 cm³/mol. The SMILES string of the molecule is COCCCN1C(=O)/C(=C/c2ccc(OC)c(OC)c2)S/C1=N\S(=O)(=O)c1ccccc1. The number of rotatable bonds is 9. The van der Waals surface area contributed by atoms with E-state index in [1.165, 1.54) is 24.1 Å². The van der Waals surface area contributed by atoms with Crippen LogP contribution in [-0.2, 0) is 19.6 Å². The molecule has 8 nitrogen and oxygen atoms in total. The second-order valence-electron chi connectivity index (χ2n) is 6.69. The molecule has 1 amide bonds. The maximum absolute atomic E-state index is 13.1. The topological polar surface area (TPSA) is 94.5 Å². The number of carbonyl (C=O) groups is 1. The number of hydrogen-bond donors (Lipinski definition) is 0. The number of benzene rings is 2. The molecule has 0 spiro atoms. The van der Waals surface area contributed by atoms with Crippen LogP contribution in [0, 0.1) is 0 Å². The van der Waals surface area contributed by atoms with Gasteiger partial charge in [-0.1, -0.05) is 24.3 Å². The van der Waals surface area contributed by atoms with Gasteiger partial charge in [-0.2, -0.15) is 8.42 Å². The molecule has 10 heteroatoms. The third-order valence-corrected chi connectivity index (χ3v) is 6.97. The molecule has 0 N–H and O–H groups in total. The van der Waals surface area contributed by atoms with E-state index in [1.54, 1.807) is 56.7 Å². The summed E-state index contributed by atoms with van der Waals surface area (Å²) in [5.74, 6) is 0.773. The highest BCUT2D eigenvalue weighted by Gasteiger charge is 2.34. The van der Waals surface area contributed by atoms with Gasteiger partial charge in [-0.15, -0.1) is 4.40 Å². The average molecular weight is 477 g/mol. The molecular weight excluding hydrogens is 452 g/mol. The van der Waals surface area contributed by atoms with E-state index in [0.717, 1.165) is 11.8 Å². The summed E-state index contributed by atoms with van der Waals surface area (Å²) in [6.07, 6.45) is 2.22. The zero-order chi connectivity index (χ0) is 23.1. The normalized spacial score (nSPS) is 16.7. The maximum Gasteiger partial charge on any atom is 0.284 e. The Balaban J connectivity index is 1.97. The lowest BCUT2D eigenvalue weighted by molar-refractivity contribution is -0.122. The second kappa shape index (κ2) is 10.7. The molecule has 32 heavy (non-hydrogen) atoms. The molecule has 2 aromatic carbocycles. The summed E-state index contributed by atoms with van der Waals surface area (Å²) in [6, 6.07) is 13.2. The fourth-order valence-corrected chi connectivity index (χ4v) is 5.21. The number of nitrogens with zero attached hydrogens (tertiary/aromatic N) is 2. The molecule has 3 rings (SSSR count). The third kappa shape index (κ3) is 5.50. The molecule has 2 aromatic rings. The van der Waals surface area contributed by atoms with E-state index in [2.05, 4.69) is 4.40 Å². The molecule has 0 aliphatic carbocycles. The summed E-state index contributed by atoms with van der Waals surface area (Å²) < 4.78 is 45.2. The number of sulfonamides is 1. The van der Waals surface area contributed by atoms with Crippen molar-refractivity contribution in [2.24, 2.45) is 4.40 Å². The predicted octanol–water partition coefficient (Wildman–Crippen LogP) is 3.40. The van der Waals surface area contributed by atoms with Crippen LogP contribution in [0.3, 0.4) is 0 Å². The van der Waals surface area contributed by atoms with Gasteiger partial charge in [-0.3, -0.25) is 9.69 Å². The van der Waals surface area contributed by atoms with Gasteiger partial charge in [0.2, 0.25) is 0 Å². The highest BCUT2D eigenvalue weighted by atomic mass is 32.2. The van der Waals surface area contributed by atoms with Gasteiger partial charge < -0.3 is 14.2 Å². The molecule has 170 valence electrons. The molecule has 1 saturated heterocycles. The van der Waals surface area contributed by atoms with Crippen LogP contribution in [0.15, 0.2) is 62.7 Å². The van der Waals surface area contributed by atoms with Gasteiger partial charge in [-0.05, 0) is 54.1 Å². The lowest BCUT2D eigenvalue weighted by Gasteiger charge is -2.15. The average Bonchev–Trinajstić information content (AvgIpc) is 3.08. The van der Waals surface area contributed by atoms with Crippen LogP contribution in [0.25, 0.3) is 6.08 Å². The molecule has 1 fully saturated rings. The van der Waals surface area contributed by atoms with Crippen LogP contribution in [-0.4, -0.2) is 58.9 Å².